The zero-order chi connectivity index (χ0) is 11.4. The van der Waals surface area contributed by atoms with Gasteiger partial charge in [0.25, 0.3) is 0 Å². The number of hydrogen-bond donors (Lipinski definition) is 1. The minimum atomic E-state index is 0.282. The average molecular weight is 309 g/mol. The Hall–Kier alpha value is -0.320. The fraction of sp³-hybridized carbons (Fsp3) is 0.300. The van der Waals surface area contributed by atoms with Crippen LogP contribution in [0.2, 0.25) is 5.02 Å². The van der Waals surface area contributed by atoms with E-state index < -0.39 is 0 Å². The molecule has 0 aliphatic carbocycles. The van der Waals surface area contributed by atoms with Crippen molar-refractivity contribution in [2.45, 2.75) is 13.3 Å². The molecule has 0 aliphatic heterocycles. The third-order valence-electron chi connectivity index (χ3n) is 1.72. The van der Waals surface area contributed by atoms with Crippen LogP contribution < -0.4 is 10.5 Å². The van der Waals surface area contributed by atoms with Gasteiger partial charge in [0, 0.05) is 5.02 Å². The maximum atomic E-state index is 5.90. The van der Waals surface area contributed by atoms with Gasteiger partial charge in [-0.15, -0.1) is 0 Å². The molecule has 82 valence electrons. The maximum absolute atomic E-state index is 5.90. The largest absolute Gasteiger partial charge is 0.492 e. The first-order valence-electron chi connectivity index (χ1n) is 4.48. The van der Waals surface area contributed by atoms with Gasteiger partial charge in [-0.05, 0) is 34.5 Å². The summed E-state index contributed by atoms with van der Waals surface area (Å²) < 4.78 is 6.33. The number of halogens is 2. The second kappa shape index (κ2) is 5.68. The van der Waals surface area contributed by atoms with E-state index in [1.54, 1.807) is 12.1 Å². The first kappa shape index (κ1) is 12.7. The Kier molecular flexibility index (Phi) is 4.83. The minimum Gasteiger partial charge on any atom is -0.492 e. The van der Waals surface area contributed by atoms with Crippen LogP contribution in [0.4, 0.5) is 0 Å². The molecule has 15 heavy (non-hydrogen) atoms. The van der Waals surface area contributed by atoms with Gasteiger partial charge in [0.15, 0.2) is 0 Å². The lowest BCUT2D eigenvalue weighted by atomic mass is 10.2. The number of rotatable bonds is 4. The highest BCUT2D eigenvalue weighted by atomic mass is 79.9. The molecular weight excluding hydrogens is 298 g/mol. The van der Waals surface area contributed by atoms with Gasteiger partial charge in [-0.1, -0.05) is 30.7 Å². The van der Waals surface area contributed by atoms with Crippen LogP contribution in [0.1, 0.15) is 18.9 Å². The van der Waals surface area contributed by atoms with E-state index >= 15 is 0 Å². The molecule has 0 amide bonds. The first-order valence-corrected chi connectivity index (χ1v) is 6.05. The number of thiocarbonyl (C=S) groups is 1. The SMILES string of the molecule is CCCOc1c(Br)cc(Cl)cc1C(N)=S. The van der Waals surface area contributed by atoms with Gasteiger partial charge < -0.3 is 10.5 Å². The fourth-order valence-corrected chi connectivity index (χ4v) is 2.17. The Balaban J connectivity index is 3.15. The maximum Gasteiger partial charge on any atom is 0.143 e. The Morgan fingerprint density at radius 2 is 2.27 bits per heavy atom. The van der Waals surface area contributed by atoms with Crippen molar-refractivity contribution in [1.82, 2.24) is 0 Å². The summed E-state index contributed by atoms with van der Waals surface area (Å²) in [4.78, 5) is 0.282. The summed E-state index contributed by atoms with van der Waals surface area (Å²) in [6.07, 6.45) is 0.922. The molecule has 0 spiro atoms. The van der Waals surface area contributed by atoms with Crippen molar-refractivity contribution in [3.63, 3.8) is 0 Å². The molecule has 0 unspecified atom stereocenters. The Morgan fingerprint density at radius 3 is 2.80 bits per heavy atom. The van der Waals surface area contributed by atoms with Crippen LogP contribution in [0.3, 0.4) is 0 Å². The Labute approximate surface area is 108 Å². The first-order chi connectivity index (χ1) is 7.06. The third kappa shape index (κ3) is 3.33. The standard InChI is InChI=1S/C10H11BrClNOS/c1-2-3-14-9-7(10(13)15)4-6(12)5-8(9)11/h4-5H,2-3H2,1H3,(H2,13,15). The van der Waals surface area contributed by atoms with Crippen LogP contribution in [-0.2, 0) is 0 Å². The molecule has 0 bridgehead atoms. The van der Waals surface area contributed by atoms with Crippen molar-refractivity contribution in [3.05, 3.63) is 27.2 Å². The number of ether oxygens (including phenoxy) is 1. The summed E-state index contributed by atoms with van der Waals surface area (Å²) in [5, 5.41) is 0.577. The molecule has 0 fully saturated rings. The highest BCUT2D eigenvalue weighted by molar-refractivity contribution is 9.10. The normalized spacial score (nSPS) is 10.1. The van der Waals surface area contributed by atoms with Crippen molar-refractivity contribution < 1.29 is 4.74 Å². The lowest BCUT2D eigenvalue weighted by Gasteiger charge is -2.12. The molecule has 5 heteroatoms. The molecule has 1 rings (SSSR count). The van der Waals surface area contributed by atoms with Gasteiger partial charge in [-0.25, -0.2) is 0 Å². The van der Waals surface area contributed by atoms with Crippen LogP contribution in [0.5, 0.6) is 5.75 Å². The zero-order valence-electron chi connectivity index (χ0n) is 8.22. The van der Waals surface area contributed by atoms with Gasteiger partial charge in [0.1, 0.15) is 10.7 Å². The lowest BCUT2D eigenvalue weighted by molar-refractivity contribution is 0.315. The van der Waals surface area contributed by atoms with Crippen LogP contribution in [-0.4, -0.2) is 11.6 Å². The van der Waals surface area contributed by atoms with E-state index in [4.69, 9.17) is 34.3 Å². The molecule has 0 aromatic heterocycles. The van der Waals surface area contributed by atoms with Crippen LogP contribution in [0.15, 0.2) is 16.6 Å². The number of hydrogen-bond acceptors (Lipinski definition) is 2. The monoisotopic (exact) mass is 307 g/mol. The van der Waals surface area contributed by atoms with E-state index in [2.05, 4.69) is 15.9 Å². The summed E-state index contributed by atoms with van der Waals surface area (Å²) >= 11 is 14.2. The molecule has 0 radical (unpaired) electrons. The van der Waals surface area contributed by atoms with Crippen LogP contribution >= 0.6 is 39.7 Å². The minimum absolute atomic E-state index is 0.282. The second-order valence-electron chi connectivity index (χ2n) is 2.98. The van der Waals surface area contributed by atoms with Crippen LogP contribution in [0.25, 0.3) is 0 Å². The molecule has 1 aromatic carbocycles. The average Bonchev–Trinajstić information content (AvgIpc) is 2.15. The predicted molar refractivity (Wildman–Crippen MR) is 70.8 cm³/mol. The Morgan fingerprint density at radius 1 is 1.60 bits per heavy atom. The molecule has 0 heterocycles. The number of benzene rings is 1. The van der Waals surface area contributed by atoms with E-state index in [0.717, 1.165) is 10.9 Å². The van der Waals surface area contributed by atoms with Gasteiger partial charge >= 0.3 is 0 Å². The topological polar surface area (TPSA) is 35.2 Å². The highest BCUT2D eigenvalue weighted by Crippen LogP contribution is 2.32. The number of nitrogens with two attached hydrogens (primary N) is 1. The molecule has 0 saturated carbocycles. The van der Waals surface area contributed by atoms with Crippen molar-refractivity contribution in [3.8, 4) is 5.75 Å². The van der Waals surface area contributed by atoms with Crippen LogP contribution in [0, 0.1) is 0 Å². The summed E-state index contributed by atoms with van der Waals surface area (Å²) in [6, 6.07) is 3.47. The molecule has 2 N–H and O–H groups in total. The van der Waals surface area contributed by atoms with Gasteiger partial charge in [-0.3, -0.25) is 0 Å². The summed E-state index contributed by atoms with van der Waals surface area (Å²) in [5.74, 6) is 0.661. The van der Waals surface area contributed by atoms with Crippen molar-refractivity contribution in [2.75, 3.05) is 6.61 Å². The summed E-state index contributed by atoms with van der Waals surface area (Å²) in [7, 11) is 0. The predicted octanol–water partition coefficient (Wildman–Crippen LogP) is 3.53. The molecule has 1 aromatic rings. The van der Waals surface area contributed by atoms with E-state index in [-0.39, 0.29) is 4.99 Å². The lowest BCUT2D eigenvalue weighted by Crippen LogP contribution is -2.12. The zero-order valence-corrected chi connectivity index (χ0v) is 11.4. The quantitative estimate of drug-likeness (QED) is 0.864. The van der Waals surface area contributed by atoms with E-state index in [0.29, 0.717) is 22.9 Å². The third-order valence-corrected chi connectivity index (χ3v) is 2.75. The summed E-state index contributed by atoms with van der Waals surface area (Å²) in [6.45, 7) is 2.65. The van der Waals surface area contributed by atoms with Gasteiger partial charge in [0.2, 0.25) is 0 Å². The van der Waals surface area contributed by atoms with Crippen molar-refractivity contribution >= 4 is 44.7 Å². The van der Waals surface area contributed by atoms with Gasteiger partial charge in [-0.2, -0.15) is 0 Å². The van der Waals surface area contributed by atoms with Crippen molar-refractivity contribution in [1.29, 1.82) is 0 Å². The van der Waals surface area contributed by atoms with E-state index in [9.17, 15) is 0 Å². The van der Waals surface area contributed by atoms with E-state index in [1.165, 1.54) is 0 Å². The fourth-order valence-electron chi connectivity index (χ4n) is 1.09. The summed E-state index contributed by atoms with van der Waals surface area (Å²) in [5.41, 5.74) is 6.26. The molecule has 2 nitrogen and oxygen atoms in total. The van der Waals surface area contributed by atoms with Crippen molar-refractivity contribution in [2.24, 2.45) is 5.73 Å². The van der Waals surface area contributed by atoms with E-state index in [1.807, 2.05) is 6.92 Å². The molecule has 0 atom stereocenters. The smallest absolute Gasteiger partial charge is 0.143 e. The molecule has 0 saturated heterocycles. The Bertz CT molecular complexity index is 384. The second-order valence-corrected chi connectivity index (χ2v) is 4.71. The molecular formula is C10H11BrClNOS. The molecule has 0 aliphatic rings. The van der Waals surface area contributed by atoms with Gasteiger partial charge in [0.05, 0.1) is 16.6 Å². The highest BCUT2D eigenvalue weighted by Gasteiger charge is 2.12.